The van der Waals surface area contributed by atoms with Crippen LogP contribution >= 0.6 is 0 Å². The predicted molar refractivity (Wildman–Crippen MR) is 101 cm³/mol. The van der Waals surface area contributed by atoms with E-state index in [-0.39, 0.29) is 29.1 Å². The molecule has 0 atom stereocenters. The number of allylic oxidation sites excluding steroid dienone is 1. The average Bonchev–Trinajstić information content (AvgIpc) is 2.57. The topological polar surface area (TPSA) is 112 Å². The van der Waals surface area contributed by atoms with E-state index in [1.807, 2.05) is 0 Å². The number of ether oxygens (including phenoxy) is 1. The van der Waals surface area contributed by atoms with Crippen molar-refractivity contribution in [2.45, 2.75) is 32.8 Å². The highest BCUT2D eigenvalue weighted by Crippen LogP contribution is 2.27. The largest absolute Gasteiger partial charge is 0.462 e. The van der Waals surface area contributed by atoms with Gasteiger partial charge in [-0.05, 0) is 27.2 Å². The molecular formula is C19H20N2O6. The summed E-state index contributed by atoms with van der Waals surface area (Å²) in [6.45, 7) is 8.71. The van der Waals surface area contributed by atoms with Crippen LogP contribution in [0.2, 0.25) is 0 Å². The third-order valence-electron chi connectivity index (χ3n) is 3.39. The molecule has 1 aromatic heterocycles. The third-order valence-corrected chi connectivity index (χ3v) is 3.39. The lowest BCUT2D eigenvalue weighted by molar-refractivity contribution is -0.384. The van der Waals surface area contributed by atoms with E-state index in [0.29, 0.717) is 5.56 Å². The van der Waals surface area contributed by atoms with E-state index in [1.165, 1.54) is 24.3 Å². The number of nitrogens with one attached hydrogen (secondary N) is 1. The summed E-state index contributed by atoms with van der Waals surface area (Å²) in [7, 11) is 0. The first-order valence-corrected chi connectivity index (χ1v) is 8.13. The van der Waals surface area contributed by atoms with Crippen molar-refractivity contribution in [3.63, 3.8) is 0 Å². The summed E-state index contributed by atoms with van der Waals surface area (Å²) < 4.78 is 10.7. The van der Waals surface area contributed by atoms with E-state index in [1.54, 1.807) is 26.8 Å². The van der Waals surface area contributed by atoms with Crippen LogP contribution in [0.5, 0.6) is 0 Å². The quantitative estimate of drug-likeness (QED) is 0.476. The molecule has 0 fully saturated rings. The Balaban J connectivity index is 2.47. The SMILES string of the molecule is C=CCc1c(-c2cccc([N+](=O)[O-])c2)occ(NC(=O)OC(C)(C)C)c1=O. The summed E-state index contributed by atoms with van der Waals surface area (Å²) in [6.07, 6.45) is 1.96. The van der Waals surface area contributed by atoms with Gasteiger partial charge in [0.05, 0.1) is 4.92 Å². The normalized spacial score (nSPS) is 10.9. The second-order valence-electron chi connectivity index (χ2n) is 6.71. The highest BCUT2D eigenvalue weighted by atomic mass is 16.6. The molecule has 142 valence electrons. The molecule has 2 aromatic rings. The Bertz CT molecular complexity index is 940. The molecular weight excluding hydrogens is 352 g/mol. The maximum Gasteiger partial charge on any atom is 0.412 e. The van der Waals surface area contributed by atoms with Crippen LogP contribution in [0, 0.1) is 10.1 Å². The van der Waals surface area contributed by atoms with Crippen LogP contribution in [0.4, 0.5) is 16.2 Å². The van der Waals surface area contributed by atoms with Gasteiger partial charge >= 0.3 is 6.09 Å². The van der Waals surface area contributed by atoms with E-state index < -0.39 is 22.0 Å². The molecule has 0 saturated carbocycles. The van der Waals surface area contributed by atoms with Crippen molar-refractivity contribution in [1.29, 1.82) is 0 Å². The Labute approximate surface area is 155 Å². The Morgan fingerprint density at radius 3 is 2.70 bits per heavy atom. The third kappa shape index (κ3) is 5.04. The van der Waals surface area contributed by atoms with E-state index >= 15 is 0 Å². The molecule has 27 heavy (non-hydrogen) atoms. The van der Waals surface area contributed by atoms with Gasteiger partial charge in [-0.15, -0.1) is 6.58 Å². The van der Waals surface area contributed by atoms with Crippen molar-refractivity contribution in [1.82, 2.24) is 0 Å². The van der Waals surface area contributed by atoms with Gasteiger partial charge in [0.1, 0.15) is 23.3 Å². The highest BCUT2D eigenvalue weighted by Gasteiger charge is 2.20. The van der Waals surface area contributed by atoms with Crippen LogP contribution < -0.4 is 10.7 Å². The second kappa shape index (κ2) is 7.86. The second-order valence-corrected chi connectivity index (χ2v) is 6.71. The number of nitro groups is 1. The van der Waals surface area contributed by atoms with Gasteiger partial charge < -0.3 is 9.15 Å². The number of rotatable bonds is 5. The van der Waals surface area contributed by atoms with Crippen molar-refractivity contribution in [3.8, 4) is 11.3 Å². The molecule has 0 bridgehead atoms. The number of anilines is 1. The molecule has 0 radical (unpaired) electrons. The van der Waals surface area contributed by atoms with Crippen LogP contribution in [0.25, 0.3) is 11.3 Å². The lowest BCUT2D eigenvalue weighted by atomic mass is 10.0. The van der Waals surface area contributed by atoms with Crippen LogP contribution in [0.1, 0.15) is 26.3 Å². The fraction of sp³-hybridized carbons (Fsp3) is 0.263. The molecule has 1 aromatic carbocycles. The van der Waals surface area contributed by atoms with Gasteiger partial charge in [-0.1, -0.05) is 18.2 Å². The molecule has 0 spiro atoms. The van der Waals surface area contributed by atoms with Gasteiger partial charge in [0.2, 0.25) is 5.43 Å². The molecule has 2 rings (SSSR count). The molecule has 0 unspecified atom stereocenters. The highest BCUT2D eigenvalue weighted by molar-refractivity contribution is 5.85. The van der Waals surface area contributed by atoms with Gasteiger partial charge in [0.25, 0.3) is 5.69 Å². The molecule has 1 amide bonds. The fourth-order valence-electron chi connectivity index (χ4n) is 2.34. The Morgan fingerprint density at radius 2 is 2.11 bits per heavy atom. The minimum Gasteiger partial charge on any atom is -0.462 e. The monoisotopic (exact) mass is 372 g/mol. The summed E-state index contributed by atoms with van der Waals surface area (Å²) in [5, 5.41) is 13.4. The number of nitro benzene ring substituents is 1. The van der Waals surface area contributed by atoms with E-state index in [0.717, 1.165) is 6.26 Å². The number of amides is 1. The van der Waals surface area contributed by atoms with Crippen molar-refractivity contribution in [3.05, 3.63) is 69.1 Å². The lowest BCUT2D eigenvalue weighted by Crippen LogP contribution is -2.29. The zero-order valence-corrected chi connectivity index (χ0v) is 15.3. The summed E-state index contributed by atoms with van der Waals surface area (Å²) in [4.78, 5) is 35.1. The smallest absolute Gasteiger partial charge is 0.412 e. The van der Waals surface area contributed by atoms with Crippen LogP contribution in [-0.4, -0.2) is 16.6 Å². The molecule has 0 aliphatic carbocycles. The van der Waals surface area contributed by atoms with Crippen LogP contribution in [0.3, 0.4) is 0 Å². The van der Waals surface area contributed by atoms with E-state index in [2.05, 4.69) is 11.9 Å². The number of hydrogen-bond acceptors (Lipinski definition) is 6. The molecule has 0 aliphatic heterocycles. The Hall–Kier alpha value is -3.42. The maximum atomic E-state index is 12.8. The molecule has 0 aliphatic rings. The van der Waals surface area contributed by atoms with Crippen molar-refractivity contribution >= 4 is 17.5 Å². The molecule has 0 saturated heterocycles. The van der Waals surface area contributed by atoms with Gasteiger partial charge in [0, 0.05) is 23.3 Å². The maximum absolute atomic E-state index is 12.8. The number of non-ortho nitro benzene ring substituents is 1. The minimum atomic E-state index is -0.789. The predicted octanol–water partition coefficient (Wildman–Crippen LogP) is 4.29. The number of benzene rings is 1. The summed E-state index contributed by atoms with van der Waals surface area (Å²) >= 11 is 0. The number of carbonyl (C=O) groups is 1. The van der Waals surface area contributed by atoms with Gasteiger partial charge in [-0.3, -0.25) is 20.2 Å². The number of carbonyl (C=O) groups excluding carboxylic acids is 1. The van der Waals surface area contributed by atoms with Gasteiger partial charge in [0.15, 0.2) is 0 Å². The standard InChI is InChI=1S/C19H20N2O6/c1-5-7-14-16(22)15(20-18(23)27-19(2,3)4)11-26-17(14)12-8-6-9-13(10-12)21(24)25/h5-6,8-11H,1,7H2,2-4H3,(H,20,23). The van der Waals surface area contributed by atoms with Gasteiger partial charge in [-0.25, -0.2) is 4.79 Å². The molecule has 8 heteroatoms. The first-order chi connectivity index (χ1) is 12.6. The fourth-order valence-corrected chi connectivity index (χ4v) is 2.34. The van der Waals surface area contributed by atoms with Crippen LogP contribution in [-0.2, 0) is 11.2 Å². The molecule has 8 nitrogen and oxygen atoms in total. The summed E-state index contributed by atoms with van der Waals surface area (Å²) in [6, 6.07) is 5.75. The lowest BCUT2D eigenvalue weighted by Gasteiger charge is -2.19. The minimum absolute atomic E-state index is 0.0877. The van der Waals surface area contributed by atoms with Crippen molar-refractivity contribution < 1.29 is 18.9 Å². The van der Waals surface area contributed by atoms with Crippen LogP contribution in [0.15, 0.2) is 52.4 Å². The van der Waals surface area contributed by atoms with Crippen molar-refractivity contribution in [2.24, 2.45) is 0 Å². The zero-order chi connectivity index (χ0) is 20.2. The Morgan fingerprint density at radius 1 is 1.41 bits per heavy atom. The molecule has 1 heterocycles. The zero-order valence-electron chi connectivity index (χ0n) is 15.3. The first kappa shape index (κ1) is 19.9. The van der Waals surface area contributed by atoms with E-state index in [4.69, 9.17) is 9.15 Å². The van der Waals surface area contributed by atoms with E-state index in [9.17, 15) is 19.7 Å². The van der Waals surface area contributed by atoms with Gasteiger partial charge in [-0.2, -0.15) is 0 Å². The molecule has 1 N–H and O–H groups in total. The number of nitrogens with zero attached hydrogens (tertiary/aromatic N) is 1. The first-order valence-electron chi connectivity index (χ1n) is 8.13. The summed E-state index contributed by atoms with van der Waals surface area (Å²) in [5.74, 6) is 0.179. The Kier molecular flexibility index (Phi) is 5.79. The average molecular weight is 372 g/mol. The summed E-state index contributed by atoms with van der Waals surface area (Å²) in [5.41, 5.74) is -0.822. The number of hydrogen-bond donors (Lipinski definition) is 1. The van der Waals surface area contributed by atoms with Crippen molar-refractivity contribution in [2.75, 3.05) is 5.32 Å².